The molecule has 28 heavy (non-hydrogen) atoms. The van der Waals surface area contributed by atoms with Gasteiger partial charge in [0.05, 0.1) is 18.5 Å². The molecule has 1 fully saturated rings. The van der Waals surface area contributed by atoms with Crippen molar-refractivity contribution in [2.45, 2.75) is 6.42 Å². The molecule has 1 aromatic heterocycles. The van der Waals surface area contributed by atoms with E-state index in [1.165, 1.54) is 4.57 Å². The molecule has 8 heteroatoms. The highest BCUT2D eigenvalue weighted by molar-refractivity contribution is 5.92. The Hall–Kier alpha value is -2.58. The largest absolute Gasteiger partial charge is 0.497 e. The average molecular weight is 389 g/mol. The van der Waals surface area contributed by atoms with E-state index in [0.29, 0.717) is 24.4 Å². The van der Waals surface area contributed by atoms with Crippen LogP contribution < -0.4 is 4.74 Å². The molecule has 0 amide bonds. The number of nitrogens with zero attached hydrogens (tertiary/aromatic N) is 3. The Labute approximate surface area is 164 Å². The molecule has 0 unspecified atom stereocenters. The van der Waals surface area contributed by atoms with Crippen molar-refractivity contribution in [2.75, 3.05) is 54.7 Å². The van der Waals surface area contributed by atoms with Gasteiger partial charge in [-0.25, -0.2) is 4.79 Å². The SMILES string of the molecule is COc1ccc2c(CCN(C)C)cn(C(=O)OCOC(=O)C3CN(C)C3)c2c1. The number of ether oxygens (including phenoxy) is 3. The molecule has 0 N–H and O–H groups in total. The predicted molar refractivity (Wildman–Crippen MR) is 105 cm³/mol. The maximum Gasteiger partial charge on any atom is 0.421 e. The predicted octanol–water partition coefficient (Wildman–Crippen LogP) is 1.80. The van der Waals surface area contributed by atoms with Gasteiger partial charge >= 0.3 is 12.1 Å². The molecule has 1 aliphatic heterocycles. The zero-order valence-corrected chi connectivity index (χ0v) is 16.8. The van der Waals surface area contributed by atoms with Crippen LogP contribution in [0.3, 0.4) is 0 Å². The Kier molecular flexibility index (Phi) is 6.21. The Bertz CT molecular complexity index is 855. The van der Waals surface area contributed by atoms with Gasteiger partial charge in [-0.2, -0.15) is 0 Å². The molecule has 152 valence electrons. The first-order chi connectivity index (χ1) is 13.4. The number of hydrogen-bond acceptors (Lipinski definition) is 7. The lowest BCUT2D eigenvalue weighted by Gasteiger charge is -2.33. The van der Waals surface area contributed by atoms with Crippen LogP contribution >= 0.6 is 0 Å². The lowest BCUT2D eigenvalue weighted by atomic mass is 10.0. The number of carbonyl (C=O) groups excluding carboxylic acids is 2. The molecule has 0 radical (unpaired) electrons. The molecule has 0 spiro atoms. The number of fused-ring (bicyclic) bond motifs is 1. The number of aromatic nitrogens is 1. The number of likely N-dealkylation sites (tertiary alicyclic amines) is 1. The lowest BCUT2D eigenvalue weighted by Crippen LogP contribution is -2.48. The summed E-state index contributed by atoms with van der Waals surface area (Å²) in [6.45, 7) is 1.80. The first-order valence-corrected chi connectivity index (χ1v) is 9.24. The van der Waals surface area contributed by atoms with Gasteiger partial charge in [0.25, 0.3) is 0 Å². The minimum Gasteiger partial charge on any atom is -0.497 e. The van der Waals surface area contributed by atoms with E-state index in [1.54, 1.807) is 19.4 Å². The summed E-state index contributed by atoms with van der Waals surface area (Å²) in [6, 6.07) is 5.61. The topological polar surface area (TPSA) is 73.2 Å². The number of methoxy groups -OCH3 is 1. The van der Waals surface area contributed by atoms with Crippen LogP contribution in [0.25, 0.3) is 10.9 Å². The lowest BCUT2D eigenvalue weighted by molar-refractivity contribution is -0.162. The second-order valence-electron chi connectivity index (χ2n) is 7.37. The summed E-state index contributed by atoms with van der Waals surface area (Å²) >= 11 is 0. The Morgan fingerprint density at radius 2 is 1.96 bits per heavy atom. The van der Waals surface area contributed by atoms with Crippen LogP contribution in [0.5, 0.6) is 5.75 Å². The Balaban J connectivity index is 1.70. The third-order valence-electron chi connectivity index (χ3n) is 4.90. The minimum absolute atomic E-state index is 0.141. The van der Waals surface area contributed by atoms with Crippen molar-refractivity contribution in [3.63, 3.8) is 0 Å². The van der Waals surface area contributed by atoms with Crippen LogP contribution in [0.1, 0.15) is 5.56 Å². The van der Waals surface area contributed by atoms with Crippen molar-refractivity contribution in [3.8, 4) is 5.75 Å². The van der Waals surface area contributed by atoms with Gasteiger partial charge in [-0.3, -0.25) is 9.36 Å². The molecule has 2 aromatic rings. The van der Waals surface area contributed by atoms with Crippen LogP contribution in [0.4, 0.5) is 4.79 Å². The van der Waals surface area contributed by atoms with Crippen LogP contribution in [0.2, 0.25) is 0 Å². The molecule has 0 atom stereocenters. The molecular weight excluding hydrogens is 362 g/mol. The molecule has 8 nitrogen and oxygen atoms in total. The number of hydrogen-bond donors (Lipinski definition) is 0. The molecule has 1 aliphatic rings. The van der Waals surface area contributed by atoms with Crippen LogP contribution in [0, 0.1) is 5.92 Å². The summed E-state index contributed by atoms with van der Waals surface area (Å²) < 4.78 is 17.0. The van der Waals surface area contributed by atoms with E-state index in [-0.39, 0.29) is 11.9 Å². The van der Waals surface area contributed by atoms with E-state index in [0.717, 1.165) is 23.9 Å². The highest BCUT2D eigenvalue weighted by Crippen LogP contribution is 2.26. The zero-order chi connectivity index (χ0) is 20.3. The molecule has 3 rings (SSSR count). The average Bonchev–Trinajstić information content (AvgIpc) is 3.01. The highest BCUT2D eigenvalue weighted by atomic mass is 16.7. The van der Waals surface area contributed by atoms with Gasteiger partial charge in [0, 0.05) is 37.3 Å². The fraction of sp³-hybridized carbons (Fsp3) is 0.500. The summed E-state index contributed by atoms with van der Waals surface area (Å²) in [5, 5.41) is 0.967. The summed E-state index contributed by atoms with van der Waals surface area (Å²) in [7, 11) is 7.52. The van der Waals surface area contributed by atoms with Crippen LogP contribution in [-0.2, 0) is 20.7 Å². The molecule has 0 saturated carbocycles. The molecular formula is C20H27N3O5. The van der Waals surface area contributed by atoms with Crippen molar-refractivity contribution in [1.29, 1.82) is 0 Å². The van der Waals surface area contributed by atoms with Crippen molar-refractivity contribution < 1.29 is 23.8 Å². The minimum atomic E-state index is -0.590. The van der Waals surface area contributed by atoms with Crippen molar-refractivity contribution >= 4 is 23.0 Å². The summed E-state index contributed by atoms with van der Waals surface area (Å²) in [5.41, 5.74) is 1.74. The number of rotatable bonds is 7. The standard InChI is InChI=1S/C20H27N3O5/c1-21(2)8-7-14-12-23(18-9-16(26-4)5-6-17(14)18)20(25)28-13-27-19(24)15-10-22(3)11-15/h5-6,9,12,15H,7-8,10-11,13H2,1-4H3. The van der Waals surface area contributed by atoms with Gasteiger partial charge in [-0.15, -0.1) is 0 Å². The summed E-state index contributed by atoms with van der Waals surface area (Å²) in [4.78, 5) is 28.6. The van der Waals surface area contributed by atoms with Crippen molar-refractivity contribution in [2.24, 2.45) is 5.92 Å². The molecule has 1 aromatic carbocycles. The van der Waals surface area contributed by atoms with E-state index in [9.17, 15) is 9.59 Å². The maximum absolute atomic E-state index is 12.6. The number of carbonyl (C=O) groups is 2. The van der Waals surface area contributed by atoms with Gasteiger partial charge in [0.15, 0.2) is 0 Å². The number of esters is 1. The van der Waals surface area contributed by atoms with E-state index >= 15 is 0 Å². The second-order valence-corrected chi connectivity index (χ2v) is 7.37. The van der Waals surface area contributed by atoms with Gasteiger partial charge in [0.2, 0.25) is 6.79 Å². The van der Waals surface area contributed by atoms with Gasteiger partial charge in [0.1, 0.15) is 5.75 Å². The van der Waals surface area contributed by atoms with Crippen LogP contribution in [-0.4, -0.2) is 81.1 Å². The van der Waals surface area contributed by atoms with Crippen LogP contribution in [0.15, 0.2) is 24.4 Å². The van der Waals surface area contributed by atoms with Gasteiger partial charge in [-0.05, 0) is 45.3 Å². The maximum atomic E-state index is 12.6. The normalized spacial score (nSPS) is 14.9. The Morgan fingerprint density at radius 3 is 2.61 bits per heavy atom. The molecule has 0 aliphatic carbocycles. The number of benzene rings is 1. The zero-order valence-electron chi connectivity index (χ0n) is 16.8. The first-order valence-electron chi connectivity index (χ1n) is 9.24. The van der Waals surface area contributed by atoms with Gasteiger partial charge in [-0.1, -0.05) is 0 Å². The smallest absolute Gasteiger partial charge is 0.421 e. The fourth-order valence-electron chi connectivity index (χ4n) is 3.27. The first kappa shape index (κ1) is 20.2. The third kappa shape index (κ3) is 4.45. The monoisotopic (exact) mass is 389 g/mol. The van der Waals surface area contributed by atoms with Gasteiger partial charge < -0.3 is 24.0 Å². The number of likely N-dealkylation sites (N-methyl/N-ethyl adjacent to an activating group) is 1. The van der Waals surface area contributed by atoms with E-state index in [4.69, 9.17) is 14.2 Å². The fourth-order valence-corrected chi connectivity index (χ4v) is 3.27. The van der Waals surface area contributed by atoms with E-state index in [1.807, 2.05) is 38.2 Å². The molecule has 2 heterocycles. The Morgan fingerprint density at radius 1 is 1.21 bits per heavy atom. The van der Waals surface area contributed by atoms with Crippen molar-refractivity contribution in [1.82, 2.24) is 14.4 Å². The highest BCUT2D eigenvalue weighted by Gasteiger charge is 2.31. The second kappa shape index (κ2) is 8.62. The molecule has 0 bridgehead atoms. The summed E-state index contributed by atoms with van der Waals surface area (Å²) in [5.74, 6) is 0.175. The third-order valence-corrected chi connectivity index (χ3v) is 4.90. The quantitative estimate of drug-likeness (QED) is 0.528. The summed E-state index contributed by atoms with van der Waals surface area (Å²) in [6.07, 6.45) is 1.98. The van der Waals surface area contributed by atoms with E-state index in [2.05, 4.69) is 4.90 Å². The molecule has 1 saturated heterocycles. The van der Waals surface area contributed by atoms with Crippen molar-refractivity contribution in [3.05, 3.63) is 30.0 Å². The van der Waals surface area contributed by atoms with E-state index < -0.39 is 12.9 Å².